The number of aldehydes is 1. The van der Waals surface area contributed by atoms with E-state index in [1.54, 1.807) is 13.2 Å². The number of ether oxygens (including phenoxy) is 1. The minimum atomic E-state index is 0.660. The Labute approximate surface area is 90.9 Å². The van der Waals surface area contributed by atoms with Gasteiger partial charge in [-0.25, -0.2) is 0 Å². The van der Waals surface area contributed by atoms with Crippen LogP contribution in [0.4, 0.5) is 0 Å². The number of benzene rings is 1. The van der Waals surface area contributed by atoms with Gasteiger partial charge in [0.2, 0.25) is 0 Å². The third kappa shape index (κ3) is 1.40. The third-order valence-electron chi connectivity index (χ3n) is 1.98. The number of hydrogen-bond acceptors (Lipinski definition) is 4. The van der Waals surface area contributed by atoms with E-state index in [0.717, 1.165) is 26.3 Å². The average Bonchev–Trinajstić information content (AvgIpc) is 2.55. The molecular weight excluding hydrogens is 216 g/mol. The van der Waals surface area contributed by atoms with E-state index in [1.165, 1.54) is 11.3 Å². The quantitative estimate of drug-likeness (QED) is 0.627. The lowest BCUT2D eigenvalue weighted by Crippen LogP contribution is -1.78. The topological polar surface area (TPSA) is 26.3 Å². The Hall–Kier alpha value is -1.000. The van der Waals surface area contributed by atoms with Crippen LogP contribution in [0.25, 0.3) is 10.1 Å². The van der Waals surface area contributed by atoms with Gasteiger partial charge in [0.05, 0.1) is 12.0 Å². The van der Waals surface area contributed by atoms with Crippen LogP contribution in [0.15, 0.2) is 23.1 Å². The van der Waals surface area contributed by atoms with Crippen molar-refractivity contribution in [2.24, 2.45) is 0 Å². The van der Waals surface area contributed by atoms with Crippen molar-refractivity contribution in [3.8, 4) is 5.06 Å². The summed E-state index contributed by atoms with van der Waals surface area (Å²) in [6.45, 7) is 0. The van der Waals surface area contributed by atoms with Gasteiger partial charge in [-0.3, -0.25) is 4.79 Å². The molecule has 1 heterocycles. The Morgan fingerprint density at radius 2 is 2.29 bits per heavy atom. The first kappa shape index (κ1) is 9.55. The SMILES string of the molecule is COc1sc2ccc(C=O)cc2c1S. The maximum Gasteiger partial charge on any atom is 0.188 e. The fraction of sp³-hybridized carbons (Fsp3) is 0.100. The fourth-order valence-corrected chi connectivity index (χ4v) is 2.68. The van der Waals surface area contributed by atoms with Crippen molar-refractivity contribution in [1.29, 1.82) is 0 Å². The summed E-state index contributed by atoms with van der Waals surface area (Å²) in [7, 11) is 1.62. The van der Waals surface area contributed by atoms with E-state index in [0.29, 0.717) is 5.56 Å². The zero-order valence-electron chi connectivity index (χ0n) is 7.48. The molecule has 0 aliphatic heterocycles. The maximum absolute atomic E-state index is 10.6. The Morgan fingerprint density at radius 1 is 1.50 bits per heavy atom. The summed E-state index contributed by atoms with van der Waals surface area (Å²) in [5.41, 5.74) is 0.660. The molecule has 0 aliphatic carbocycles. The molecule has 1 aromatic carbocycles. The maximum atomic E-state index is 10.6. The summed E-state index contributed by atoms with van der Waals surface area (Å²) in [5, 5.41) is 1.76. The highest BCUT2D eigenvalue weighted by Crippen LogP contribution is 2.39. The molecule has 0 radical (unpaired) electrons. The highest BCUT2D eigenvalue weighted by molar-refractivity contribution is 7.81. The number of carbonyl (C=O) groups excluding carboxylic acids is 1. The van der Waals surface area contributed by atoms with Gasteiger partial charge in [-0.2, -0.15) is 0 Å². The van der Waals surface area contributed by atoms with Crippen LogP contribution in [0.1, 0.15) is 10.4 Å². The van der Waals surface area contributed by atoms with Gasteiger partial charge in [-0.15, -0.1) is 12.6 Å². The lowest BCUT2D eigenvalue weighted by molar-refractivity contribution is 0.112. The first-order chi connectivity index (χ1) is 6.76. The summed E-state index contributed by atoms with van der Waals surface area (Å²) >= 11 is 5.88. The van der Waals surface area contributed by atoms with Crippen LogP contribution in [0.2, 0.25) is 0 Å². The van der Waals surface area contributed by atoms with Crippen molar-refractivity contribution < 1.29 is 9.53 Å². The Bertz CT molecular complexity index is 488. The van der Waals surface area contributed by atoms with Gasteiger partial charge < -0.3 is 4.74 Å². The molecule has 0 atom stereocenters. The molecule has 0 bridgehead atoms. The van der Waals surface area contributed by atoms with Crippen molar-refractivity contribution in [2.75, 3.05) is 7.11 Å². The highest BCUT2D eigenvalue weighted by atomic mass is 32.1. The third-order valence-corrected chi connectivity index (χ3v) is 3.70. The Balaban J connectivity index is 2.73. The van der Waals surface area contributed by atoms with Crippen molar-refractivity contribution >= 4 is 40.3 Å². The minimum Gasteiger partial charge on any atom is -0.486 e. The second kappa shape index (κ2) is 3.63. The molecule has 0 saturated carbocycles. The predicted octanol–water partition coefficient (Wildman–Crippen LogP) is 3.01. The molecule has 2 rings (SSSR count). The molecule has 0 spiro atoms. The molecule has 2 aromatic rings. The number of thiophene rings is 1. The van der Waals surface area contributed by atoms with Crippen molar-refractivity contribution in [3.05, 3.63) is 23.8 Å². The molecule has 1 aromatic heterocycles. The van der Waals surface area contributed by atoms with E-state index in [1.807, 2.05) is 12.1 Å². The summed E-state index contributed by atoms with van der Waals surface area (Å²) < 4.78 is 6.24. The van der Waals surface area contributed by atoms with E-state index >= 15 is 0 Å². The molecule has 72 valence electrons. The van der Waals surface area contributed by atoms with Crippen LogP contribution in [0.3, 0.4) is 0 Å². The lowest BCUT2D eigenvalue weighted by atomic mass is 10.2. The number of rotatable bonds is 2. The number of methoxy groups -OCH3 is 1. The van der Waals surface area contributed by atoms with Gasteiger partial charge in [-0.05, 0) is 12.1 Å². The Morgan fingerprint density at radius 3 is 2.93 bits per heavy atom. The van der Waals surface area contributed by atoms with E-state index in [-0.39, 0.29) is 0 Å². The van der Waals surface area contributed by atoms with Gasteiger partial charge in [0.15, 0.2) is 5.06 Å². The van der Waals surface area contributed by atoms with Crippen molar-refractivity contribution in [1.82, 2.24) is 0 Å². The van der Waals surface area contributed by atoms with Crippen LogP contribution in [0, 0.1) is 0 Å². The lowest BCUT2D eigenvalue weighted by Gasteiger charge is -1.94. The molecule has 0 saturated heterocycles. The van der Waals surface area contributed by atoms with Crippen LogP contribution in [0.5, 0.6) is 5.06 Å². The smallest absolute Gasteiger partial charge is 0.188 e. The number of fused-ring (bicyclic) bond motifs is 1. The van der Waals surface area contributed by atoms with E-state index in [2.05, 4.69) is 12.6 Å². The molecule has 0 aliphatic rings. The highest BCUT2D eigenvalue weighted by Gasteiger charge is 2.09. The van der Waals surface area contributed by atoms with Crippen LogP contribution in [-0.4, -0.2) is 13.4 Å². The van der Waals surface area contributed by atoms with Crippen molar-refractivity contribution in [2.45, 2.75) is 4.90 Å². The summed E-state index contributed by atoms with van der Waals surface area (Å²) in [6, 6.07) is 5.52. The second-order valence-electron chi connectivity index (χ2n) is 2.82. The zero-order valence-corrected chi connectivity index (χ0v) is 9.19. The number of thiol groups is 1. The molecular formula is C10H8O2S2. The zero-order chi connectivity index (χ0) is 10.1. The second-order valence-corrected chi connectivity index (χ2v) is 4.28. The largest absolute Gasteiger partial charge is 0.486 e. The summed E-state index contributed by atoms with van der Waals surface area (Å²) in [6.07, 6.45) is 0.830. The van der Waals surface area contributed by atoms with E-state index in [9.17, 15) is 4.79 Å². The molecule has 14 heavy (non-hydrogen) atoms. The normalized spacial score (nSPS) is 10.4. The van der Waals surface area contributed by atoms with Gasteiger partial charge >= 0.3 is 0 Å². The predicted molar refractivity (Wildman–Crippen MR) is 61.0 cm³/mol. The van der Waals surface area contributed by atoms with Crippen LogP contribution < -0.4 is 4.74 Å². The minimum absolute atomic E-state index is 0.660. The summed E-state index contributed by atoms with van der Waals surface area (Å²) in [5.74, 6) is 0. The van der Waals surface area contributed by atoms with Gasteiger partial charge in [0.25, 0.3) is 0 Å². The van der Waals surface area contributed by atoms with Crippen LogP contribution >= 0.6 is 24.0 Å². The standard InChI is InChI=1S/C10H8O2S2/c1-12-10-9(13)7-4-6(5-11)2-3-8(7)14-10/h2-5,13H,1H3. The molecule has 2 nitrogen and oxygen atoms in total. The average molecular weight is 224 g/mol. The Kier molecular flexibility index (Phi) is 2.48. The van der Waals surface area contributed by atoms with E-state index in [4.69, 9.17) is 4.74 Å². The van der Waals surface area contributed by atoms with Gasteiger partial charge in [0, 0.05) is 15.6 Å². The first-order valence-corrected chi connectivity index (χ1v) is 5.27. The number of hydrogen-bond donors (Lipinski definition) is 1. The number of carbonyl (C=O) groups is 1. The van der Waals surface area contributed by atoms with Crippen molar-refractivity contribution in [3.63, 3.8) is 0 Å². The molecule has 4 heteroatoms. The van der Waals surface area contributed by atoms with Gasteiger partial charge in [0.1, 0.15) is 6.29 Å². The van der Waals surface area contributed by atoms with E-state index < -0.39 is 0 Å². The molecule has 0 N–H and O–H groups in total. The monoisotopic (exact) mass is 224 g/mol. The van der Waals surface area contributed by atoms with Crippen LogP contribution in [-0.2, 0) is 0 Å². The first-order valence-electron chi connectivity index (χ1n) is 4.01. The molecule has 0 unspecified atom stereocenters. The molecule has 0 fully saturated rings. The summed E-state index contributed by atoms with van der Waals surface area (Å²) in [4.78, 5) is 11.4. The fourth-order valence-electron chi connectivity index (χ4n) is 1.29. The van der Waals surface area contributed by atoms with Gasteiger partial charge in [-0.1, -0.05) is 17.4 Å². The molecule has 0 amide bonds.